The Labute approximate surface area is 180 Å². The highest BCUT2D eigenvalue weighted by molar-refractivity contribution is 7.16. The smallest absolute Gasteiger partial charge is 0.257 e. The number of carbonyl (C=O) groups excluding carboxylic acids is 3. The second-order valence-corrected chi connectivity index (χ2v) is 8.28. The SMILES string of the molecule is Cc1sc(NC(=O)c2ccc(CN3C(=O)CCC3=O)cc2)nc1-c1ccc(F)c(F)c1. The largest absolute Gasteiger partial charge is 0.298 e. The van der Waals surface area contributed by atoms with Gasteiger partial charge in [0.15, 0.2) is 16.8 Å². The molecule has 2 aromatic carbocycles. The van der Waals surface area contributed by atoms with Gasteiger partial charge in [0.25, 0.3) is 5.91 Å². The monoisotopic (exact) mass is 441 g/mol. The summed E-state index contributed by atoms with van der Waals surface area (Å²) in [6.07, 6.45) is 0.470. The molecule has 0 unspecified atom stereocenters. The van der Waals surface area contributed by atoms with Crippen LogP contribution >= 0.6 is 11.3 Å². The second-order valence-electron chi connectivity index (χ2n) is 7.08. The van der Waals surface area contributed by atoms with Crippen molar-refractivity contribution >= 4 is 34.2 Å². The number of nitrogens with zero attached hydrogens (tertiary/aromatic N) is 2. The number of hydrogen-bond acceptors (Lipinski definition) is 5. The Balaban J connectivity index is 1.45. The van der Waals surface area contributed by atoms with E-state index >= 15 is 0 Å². The number of rotatable bonds is 5. The number of anilines is 1. The lowest BCUT2D eigenvalue weighted by Crippen LogP contribution is -2.28. The van der Waals surface area contributed by atoms with Crippen molar-refractivity contribution in [2.24, 2.45) is 0 Å². The standard InChI is InChI=1S/C22H17F2N3O3S/c1-12-20(15-6-7-16(23)17(24)10-15)25-22(31-12)26-21(30)14-4-2-13(3-5-14)11-27-18(28)8-9-19(27)29/h2-7,10H,8-9,11H2,1H3,(H,25,26,30). The highest BCUT2D eigenvalue weighted by atomic mass is 32.1. The highest BCUT2D eigenvalue weighted by Gasteiger charge is 2.28. The predicted octanol–water partition coefficient (Wildman–Crippen LogP) is 4.30. The van der Waals surface area contributed by atoms with E-state index in [0.29, 0.717) is 22.0 Å². The molecule has 0 atom stereocenters. The number of hydrogen-bond donors (Lipinski definition) is 1. The Morgan fingerprint density at radius 2 is 1.74 bits per heavy atom. The van der Waals surface area contributed by atoms with Crippen LogP contribution in [0.2, 0.25) is 0 Å². The average molecular weight is 441 g/mol. The van der Waals surface area contributed by atoms with Crippen molar-refractivity contribution in [2.75, 3.05) is 5.32 Å². The summed E-state index contributed by atoms with van der Waals surface area (Å²) in [6, 6.07) is 10.1. The third-order valence-corrected chi connectivity index (χ3v) is 5.81. The molecule has 0 bridgehead atoms. The van der Waals surface area contributed by atoms with Gasteiger partial charge in [0.1, 0.15) is 0 Å². The minimum absolute atomic E-state index is 0.183. The molecule has 1 aliphatic rings. The number of likely N-dealkylation sites (tertiary alicyclic amines) is 1. The molecule has 1 aliphatic heterocycles. The molecule has 31 heavy (non-hydrogen) atoms. The number of carbonyl (C=O) groups is 3. The van der Waals surface area contributed by atoms with E-state index in [1.165, 1.54) is 22.3 Å². The van der Waals surface area contributed by atoms with E-state index in [-0.39, 0.29) is 37.1 Å². The van der Waals surface area contributed by atoms with Crippen LogP contribution in [0.4, 0.5) is 13.9 Å². The molecule has 0 spiro atoms. The lowest BCUT2D eigenvalue weighted by Gasteiger charge is -2.13. The molecule has 1 saturated heterocycles. The lowest BCUT2D eigenvalue weighted by atomic mass is 10.1. The van der Waals surface area contributed by atoms with E-state index in [0.717, 1.165) is 22.6 Å². The summed E-state index contributed by atoms with van der Waals surface area (Å²) >= 11 is 1.23. The summed E-state index contributed by atoms with van der Waals surface area (Å²) < 4.78 is 26.7. The second kappa shape index (κ2) is 8.35. The summed E-state index contributed by atoms with van der Waals surface area (Å²) in [4.78, 5) is 42.3. The summed E-state index contributed by atoms with van der Waals surface area (Å²) in [6.45, 7) is 1.96. The van der Waals surface area contributed by atoms with Crippen molar-refractivity contribution in [3.63, 3.8) is 0 Å². The van der Waals surface area contributed by atoms with Crippen LogP contribution < -0.4 is 5.32 Å². The predicted molar refractivity (Wildman–Crippen MR) is 111 cm³/mol. The van der Waals surface area contributed by atoms with E-state index in [9.17, 15) is 23.2 Å². The zero-order valence-corrected chi connectivity index (χ0v) is 17.3. The highest BCUT2D eigenvalue weighted by Crippen LogP contribution is 2.31. The first kappa shape index (κ1) is 20.8. The maximum atomic E-state index is 13.5. The normalized spacial score (nSPS) is 13.7. The summed E-state index contributed by atoms with van der Waals surface area (Å²) in [5.41, 5.74) is 2.01. The first-order valence-electron chi connectivity index (χ1n) is 9.48. The van der Waals surface area contributed by atoms with Crippen molar-refractivity contribution in [2.45, 2.75) is 26.3 Å². The fourth-order valence-electron chi connectivity index (χ4n) is 3.27. The molecule has 0 radical (unpaired) electrons. The van der Waals surface area contributed by atoms with Gasteiger partial charge in [-0.2, -0.15) is 0 Å². The number of amides is 3. The number of benzene rings is 2. The Morgan fingerprint density at radius 3 is 2.39 bits per heavy atom. The van der Waals surface area contributed by atoms with Crippen LogP contribution in [0, 0.1) is 18.6 Å². The van der Waals surface area contributed by atoms with Gasteiger partial charge in [0.05, 0.1) is 12.2 Å². The Kier molecular flexibility index (Phi) is 5.60. The van der Waals surface area contributed by atoms with Gasteiger partial charge in [0.2, 0.25) is 11.8 Å². The van der Waals surface area contributed by atoms with Crippen LogP contribution in [0.25, 0.3) is 11.3 Å². The number of thiazole rings is 1. The molecular formula is C22H17F2N3O3S. The maximum Gasteiger partial charge on any atom is 0.257 e. The van der Waals surface area contributed by atoms with E-state index < -0.39 is 11.6 Å². The molecule has 158 valence electrons. The van der Waals surface area contributed by atoms with Crippen molar-refractivity contribution in [1.29, 1.82) is 0 Å². The van der Waals surface area contributed by atoms with Crippen LogP contribution in [0.5, 0.6) is 0 Å². The molecule has 1 N–H and O–H groups in total. The maximum absolute atomic E-state index is 13.5. The first-order chi connectivity index (χ1) is 14.8. The zero-order chi connectivity index (χ0) is 22.1. The molecule has 3 aromatic rings. The van der Waals surface area contributed by atoms with Crippen LogP contribution in [0.3, 0.4) is 0 Å². The topological polar surface area (TPSA) is 79.4 Å². The number of aromatic nitrogens is 1. The number of halogens is 2. The summed E-state index contributed by atoms with van der Waals surface area (Å²) in [5, 5.41) is 3.04. The first-order valence-corrected chi connectivity index (χ1v) is 10.3. The lowest BCUT2D eigenvalue weighted by molar-refractivity contribution is -0.139. The molecular weight excluding hydrogens is 424 g/mol. The van der Waals surface area contributed by atoms with Crippen molar-refractivity contribution in [1.82, 2.24) is 9.88 Å². The van der Waals surface area contributed by atoms with Gasteiger partial charge in [-0.05, 0) is 42.8 Å². The average Bonchev–Trinajstić information content (AvgIpc) is 3.27. The van der Waals surface area contributed by atoms with Crippen molar-refractivity contribution < 1.29 is 23.2 Å². The molecule has 9 heteroatoms. The minimum atomic E-state index is -0.965. The van der Waals surface area contributed by atoms with Gasteiger partial charge in [-0.1, -0.05) is 12.1 Å². The summed E-state index contributed by atoms with van der Waals surface area (Å²) in [7, 11) is 0. The summed E-state index contributed by atoms with van der Waals surface area (Å²) in [5.74, 6) is -2.67. The Hall–Kier alpha value is -3.46. The molecule has 6 nitrogen and oxygen atoms in total. The molecule has 2 heterocycles. The van der Waals surface area contributed by atoms with E-state index in [2.05, 4.69) is 10.3 Å². The fraction of sp³-hybridized carbons (Fsp3) is 0.182. The molecule has 3 amide bonds. The molecule has 0 aliphatic carbocycles. The fourth-order valence-corrected chi connectivity index (χ4v) is 4.10. The van der Waals surface area contributed by atoms with Crippen LogP contribution in [-0.2, 0) is 16.1 Å². The molecule has 0 saturated carbocycles. The van der Waals surface area contributed by atoms with Gasteiger partial charge < -0.3 is 0 Å². The van der Waals surface area contributed by atoms with Gasteiger partial charge in [-0.15, -0.1) is 11.3 Å². The number of aryl methyl sites for hydroxylation is 1. The van der Waals surface area contributed by atoms with Gasteiger partial charge in [-0.3, -0.25) is 24.6 Å². The minimum Gasteiger partial charge on any atom is -0.298 e. The quantitative estimate of drug-likeness (QED) is 0.599. The van der Waals surface area contributed by atoms with E-state index in [1.807, 2.05) is 0 Å². The molecule has 1 aromatic heterocycles. The molecule has 4 rings (SSSR count). The van der Waals surface area contributed by atoms with Crippen molar-refractivity contribution in [3.8, 4) is 11.3 Å². The van der Waals surface area contributed by atoms with E-state index in [4.69, 9.17) is 0 Å². The number of imide groups is 1. The van der Waals surface area contributed by atoms with Crippen LogP contribution in [0.1, 0.15) is 33.6 Å². The van der Waals surface area contributed by atoms with Crippen LogP contribution in [-0.4, -0.2) is 27.6 Å². The van der Waals surface area contributed by atoms with Gasteiger partial charge in [0, 0.05) is 28.8 Å². The molecule has 1 fully saturated rings. The van der Waals surface area contributed by atoms with Gasteiger partial charge >= 0.3 is 0 Å². The third kappa shape index (κ3) is 4.36. The Morgan fingerprint density at radius 1 is 1.06 bits per heavy atom. The van der Waals surface area contributed by atoms with Gasteiger partial charge in [-0.25, -0.2) is 13.8 Å². The van der Waals surface area contributed by atoms with Crippen LogP contribution in [0.15, 0.2) is 42.5 Å². The number of nitrogens with one attached hydrogen (secondary N) is 1. The third-order valence-electron chi connectivity index (χ3n) is 4.92. The van der Waals surface area contributed by atoms with Crippen molar-refractivity contribution in [3.05, 3.63) is 70.1 Å². The van der Waals surface area contributed by atoms with E-state index in [1.54, 1.807) is 31.2 Å². The Bertz CT molecular complexity index is 1180. The zero-order valence-electron chi connectivity index (χ0n) is 16.4.